The molecule has 0 amide bonds. The SMILES string of the molecule is CC(C)CCCCCCCCCCCCCCCCCCC(=O)OC[C@H](COP(=O)(O)O)OC(=O)CCC/C=C\C/C=C\C/C=C\C/C=C\CCCCCO. The van der Waals surface area contributed by atoms with Gasteiger partial charge in [-0.2, -0.15) is 0 Å². The molecule has 0 unspecified atom stereocenters. The van der Waals surface area contributed by atoms with Gasteiger partial charge < -0.3 is 24.4 Å². The Labute approximate surface area is 336 Å². The van der Waals surface area contributed by atoms with Crippen molar-refractivity contribution in [1.82, 2.24) is 0 Å². The lowest BCUT2D eigenvalue weighted by molar-refractivity contribution is -0.161. The molecule has 0 aromatic carbocycles. The van der Waals surface area contributed by atoms with E-state index in [-0.39, 0.29) is 26.1 Å². The van der Waals surface area contributed by atoms with Crippen LogP contribution in [0.15, 0.2) is 48.6 Å². The average Bonchev–Trinajstić information content (AvgIpc) is 3.14. The van der Waals surface area contributed by atoms with Crippen molar-refractivity contribution in [2.75, 3.05) is 19.8 Å². The molecule has 3 N–H and O–H groups in total. The van der Waals surface area contributed by atoms with Gasteiger partial charge in [-0.25, -0.2) is 4.57 Å². The van der Waals surface area contributed by atoms with Gasteiger partial charge in [0.15, 0.2) is 6.10 Å². The van der Waals surface area contributed by atoms with E-state index in [1.54, 1.807) is 0 Å². The van der Waals surface area contributed by atoms with Crippen molar-refractivity contribution >= 4 is 19.8 Å². The highest BCUT2D eigenvalue weighted by Gasteiger charge is 2.22. The second-order valence-corrected chi connectivity index (χ2v) is 16.5. The van der Waals surface area contributed by atoms with Crippen LogP contribution in [0.25, 0.3) is 0 Å². The third kappa shape index (κ3) is 44.6. The summed E-state index contributed by atoms with van der Waals surface area (Å²) >= 11 is 0. The minimum Gasteiger partial charge on any atom is -0.462 e. The fourth-order valence-corrected chi connectivity index (χ4v) is 6.42. The molecule has 0 spiro atoms. The molecule has 0 radical (unpaired) electrons. The molecule has 10 heteroatoms. The molecule has 0 fully saturated rings. The van der Waals surface area contributed by atoms with Crippen molar-refractivity contribution in [2.24, 2.45) is 5.92 Å². The molecule has 9 nitrogen and oxygen atoms in total. The first-order chi connectivity index (χ1) is 26.6. The van der Waals surface area contributed by atoms with Gasteiger partial charge in [0.05, 0.1) is 6.61 Å². The molecule has 320 valence electrons. The molecule has 0 aromatic rings. The molecule has 55 heavy (non-hydrogen) atoms. The molecular weight excluding hydrogens is 715 g/mol. The summed E-state index contributed by atoms with van der Waals surface area (Å²) in [6, 6.07) is 0. The predicted octanol–water partition coefficient (Wildman–Crippen LogP) is 12.3. The third-order valence-electron chi connectivity index (χ3n) is 9.33. The first kappa shape index (κ1) is 53.0. The lowest BCUT2D eigenvalue weighted by Crippen LogP contribution is -2.29. The molecule has 0 rings (SSSR count). The number of carbonyl (C=O) groups excluding carboxylic acids is 2. The average molecular weight is 797 g/mol. The standard InChI is InChI=1S/C45H81O9P/c1-42(2)36-32-28-24-20-16-12-8-5-6-9-13-17-21-25-29-33-37-44(47)52-40-43(41-53-55(49,50)51)54-45(48)38-34-30-26-22-18-14-10-4-3-7-11-15-19-23-27-31-35-39-46/h3,7,10,14-15,19,22,26,42-43,46H,4-6,8-9,11-13,16-18,20-21,23-25,27-41H2,1-2H3,(H2,49,50,51)/b7-3-,14-10-,19-15-,26-22-/t43-/m1/s1. The molecular formula is C45H81O9P. The highest BCUT2D eigenvalue weighted by atomic mass is 31.2. The Morgan fingerprint density at radius 2 is 0.945 bits per heavy atom. The minimum atomic E-state index is -4.78. The van der Waals surface area contributed by atoms with Crippen LogP contribution in [0.5, 0.6) is 0 Å². The first-order valence-electron chi connectivity index (χ1n) is 21.9. The fourth-order valence-electron chi connectivity index (χ4n) is 6.06. The van der Waals surface area contributed by atoms with Crippen LogP contribution in [0.3, 0.4) is 0 Å². The number of phosphoric acid groups is 1. The highest BCUT2D eigenvalue weighted by molar-refractivity contribution is 7.46. The zero-order valence-electron chi connectivity index (χ0n) is 34.9. The van der Waals surface area contributed by atoms with Gasteiger partial charge in [0.2, 0.25) is 0 Å². The summed E-state index contributed by atoms with van der Waals surface area (Å²) in [5.41, 5.74) is 0. The van der Waals surface area contributed by atoms with Crippen LogP contribution in [0.1, 0.15) is 194 Å². The van der Waals surface area contributed by atoms with Crippen LogP contribution in [0, 0.1) is 5.92 Å². The van der Waals surface area contributed by atoms with E-state index in [2.05, 4.69) is 54.8 Å². The second kappa shape index (κ2) is 40.2. The van der Waals surface area contributed by atoms with Gasteiger partial charge in [-0.3, -0.25) is 14.1 Å². The molecule has 0 aliphatic carbocycles. The topological polar surface area (TPSA) is 140 Å². The summed E-state index contributed by atoms with van der Waals surface area (Å²) in [6.07, 6.45) is 45.7. The summed E-state index contributed by atoms with van der Waals surface area (Å²) < 4.78 is 26.4. The van der Waals surface area contributed by atoms with Crippen molar-refractivity contribution in [2.45, 2.75) is 200 Å². The maximum atomic E-state index is 12.4. The number of unbranched alkanes of at least 4 members (excludes halogenated alkanes) is 19. The molecule has 0 saturated heterocycles. The Kier molecular flexibility index (Phi) is 38.7. The molecule has 0 aromatic heterocycles. The van der Waals surface area contributed by atoms with E-state index < -0.39 is 32.5 Å². The highest BCUT2D eigenvalue weighted by Crippen LogP contribution is 2.36. The fraction of sp³-hybridized carbons (Fsp3) is 0.778. The van der Waals surface area contributed by atoms with Gasteiger partial charge in [-0.05, 0) is 63.7 Å². The number of aliphatic hydroxyl groups is 1. The van der Waals surface area contributed by atoms with Crippen molar-refractivity contribution in [3.05, 3.63) is 48.6 Å². The van der Waals surface area contributed by atoms with Crippen LogP contribution in [-0.2, 0) is 28.2 Å². The molecule has 1 atom stereocenters. The summed E-state index contributed by atoms with van der Waals surface area (Å²) in [6.45, 7) is 4.01. The lowest BCUT2D eigenvalue weighted by atomic mass is 10.0. The van der Waals surface area contributed by atoms with Crippen molar-refractivity contribution in [3.8, 4) is 0 Å². The third-order valence-corrected chi connectivity index (χ3v) is 9.82. The van der Waals surface area contributed by atoms with Gasteiger partial charge in [0.1, 0.15) is 6.61 Å². The van der Waals surface area contributed by atoms with Gasteiger partial charge >= 0.3 is 19.8 Å². The first-order valence-corrected chi connectivity index (χ1v) is 23.4. The molecule has 0 aliphatic rings. The van der Waals surface area contributed by atoms with Crippen LogP contribution in [0.2, 0.25) is 0 Å². The number of ether oxygens (including phenoxy) is 2. The molecule has 0 aliphatic heterocycles. The molecule has 0 heterocycles. The van der Waals surface area contributed by atoms with Crippen LogP contribution >= 0.6 is 7.82 Å². The number of phosphoric ester groups is 1. The van der Waals surface area contributed by atoms with Gasteiger partial charge in [0.25, 0.3) is 0 Å². The van der Waals surface area contributed by atoms with Crippen LogP contribution in [0.4, 0.5) is 0 Å². The van der Waals surface area contributed by atoms with Crippen molar-refractivity contribution in [1.29, 1.82) is 0 Å². The monoisotopic (exact) mass is 797 g/mol. The Bertz CT molecular complexity index is 1050. The minimum absolute atomic E-state index is 0.126. The number of rotatable bonds is 40. The molecule has 0 saturated carbocycles. The Balaban J connectivity index is 3.96. The van der Waals surface area contributed by atoms with E-state index in [1.165, 1.54) is 89.9 Å². The summed E-state index contributed by atoms with van der Waals surface area (Å²) in [4.78, 5) is 42.9. The quantitative estimate of drug-likeness (QED) is 0.0239. The normalized spacial score (nSPS) is 13.0. The number of aliphatic hydroxyl groups excluding tert-OH is 1. The predicted molar refractivity (Wildman–Crippen MR) is 227 cm³/mol. The maximum absolute atomic E-state index is 12.4. The van der Waals surface area contributed by atoms with Crippen molar-refractivity contribution < 1.29 is 43.0 Å². The zero-order chi connectivity index (χ0) is 40.5. The number of carbonyl (C=O) groups is 2. The van der Waals surface area contributed by atoms with Gasteiger partial charge in [0, 0.05) is 19.4 Å². The number of hydrogen-bond donors (Lipinski definition) is 3. The maximum Gasteiger partial charge on any atom is 0.469 e. The van der Waals surface area contributed by atoms with Crippen LogP contribution < -0.4 is 0 Å². The van der Waals surface area contributed by atoms with E-state index in [0.717, 1.165) is 63.7 Å². The van der Waals surface area contributed by atoms with Crippen LogP contribution in [-0.4, -0.2) is 52.8 Å². The Morgan fingerprint density at radius 1 is 0.527 bits per heavy atom. The zero-order valence-corrected chi connectivity index (χ0v) is 35.8. The smallest absolute Gasteiger partial charge is 0.462 e. The summed E-state index contributed by atoms with van der Waals surface area (Å²) in [5, 5.41) is 8.78. The molecule has 0 bridgehead atoms. The van der Waals surface area contributed by atoms with E-state index in [1.807, 2.05) is 12.2 Å². The number of esters is 2. The summed E-state index contributed by atoms with van der Waals surface area (Å²) in [5.74, 6) is -0.123. The van der Waals surface area contributed by atoms with E-state index in [4.69, 9.17) is 24.4 Å². The lowest BCUT2D eigenvalue weighted by Gasteiger charge is -2.18. The Morgan fingerprint density at radius 3 is 1.42 bits per heavy atom. The van der Waals surface area contributed by atoms with E-state index in [0.29, 0.717) is 19.3 Å². The van der Waals surface area contributed by atoms with Gasteiger partial charge in [-0.15, -0.1) is 0 Å². The number of allylic oxidation sites excluding steroid dienone is 8. The number of hydrogen-bond acceptors (Lipinski definition) is 7. The largest absolute Gasteiger partial charge is 0.469 e. The summed E-state index contributed by atoms with van der Waals surface area (Å²) in [7, 11) is -4.78. The Hall–Kier alpha value is -2.03. The second-order valence-electron chi connectivity index (χ2n) is 15.2. The van der Waals surface area contributed by atoms with Crippen molar-refractivity contribution in [3.63, 3.8) is 0 Å². The van der Waals surface area contributed by atoms with E-state index >= 15 is 0 Å². The van der Waals surface area contributed by atoms with Gasteiger partial charge in [-0.1, -0.05) is 172 Å². The van der Waals surface area contributed by atoms with E-state index in [9.17, 15) is 14.2 Å².